The number of rotatable bonds is 2. The highest BCUT2D eigenvalue weighted by molar-refractivity contribution is 5.99. The van der Waals surface area contributed by atoms with E-state index in [-0.39, 0.29) is 5.57 Å². The summed E-state index contributed by atoms with van der Waals surface area (Å²) in [6, 6.07) is -1.72. The van der Waals surface area contributed by atoms with Crippen LogP contribution in [0.3, 0.4) is 0 Å². The highest BCUT2D eigenvalue weighted by Crippen LogP contribution is 2.48. The smallest absolute Gasteiger partial charge is 0.305 e. The Kier molecular flexibility index (Phi) is 4.25. The molecule has 0 unspecified atom stereocenters. The number of hydrogen-bond acceptors (Lipinski definition) is 6. The minimum absolute atomic E-state index is 0.0822. The average molecular weight is 329 g/mol. The standard InChI is InChI=1S/C15H24N2O6/c1-12(2,3)9-8-15(17(22)23,13(4,5)6)11(18)14(7,19)10(9)16(20)21/h8,10,19H,1-7H3/t10-,14-,15-/m0/s1/i16+1. The van der Waals surface area contributed by atoms with Gasteiger partial charge in [-0.05, 0) is 12.3 Å². The number of Topliss-reactive ketones (excluding diaryl/α,β-unsaturated/α-hetero) is 1. The van der Waals surface area contributed by atoms with Gasteiger partial charge in [-0.25, -0.2) is 0 Å². The molecule has 0 fully saturated rings. The van der Waals surface area contributed by atoms with Crippen LogP contribution in [-0.2, 0) is 4.79 Å². The quantitative estimate of drug-likeness (QED) is 0.357. The van der Waals surface area contributed by atoms with Crippen molar-refractivity contribution in [3.63, 3.8) is 0 Å². The van der Waals surface area contributed by atoms with Crippen molar-refractivity contribution in [1.82, 2.24) is 0 Å². The van der Waals surface area contributed by atoms with Crippen molar-refractivity contribution < 1.29 is 19.7 Å². The van der Waals surface area contributed by atoms with E-state index in [2.05, 4.69) is 0 Å². The lowest BCUT2D eigenvalue weighted by molar-refractivity contribution is -0.568. The first-order valence-corrected chi connectivity index (χ1v) is 7.29. The summed E-state index contributed by atoms with van der Waals surface area (Å²) >= 11 is 0. The fourth-order valence-corrected chi connectivity index (χ4v) is 3.09. The number of carbonyl (C=O) groups is 1. The zero-order valence-electron chi connectivity index (χ0n) is 14.5. The van der Waals surface area contributed by atoms with Crippen molar-refractivity contribution in [2.45, 2.75) is 65.6 Å². The SMILES string of the molecule is CC(C)(C)C1=C[C@@]([N+](=O)[O-])(C(C)(C)C)C(=O)[C@@](C)(O)[C@H]1[15N+](=O)[O-]. The first-order valence-electron chi connectivity index (χ1n) is 7.29. The number of nitro groups is 2. The second-order valence-electron chi connectivity index (χ2n) is 8.29. The second-order valence-corrected chi connectivity index (χ2v) is 8.29. The molecule has 0 aromatic carbocycles. The predicted molar refractivity (Wildman–Crippen MR) is 83.1 cm³/mol. The van der Waals surface area contributed by atoms with Crippen LogP contribution in [0.15, 0.2) is 11.6 Å². The molecule has 1 aliphatic carbocycles. The van der Waals surface area contributed by atoms with Crippen LogP contribution in [0.4, 0.5) is 0 Å². The van der Waals surface area contributed by atoms with Crippen LogP contribution in [0.1, 0.15) is 48.5 Å². The highest BCUT2D eigenvalue weighted by Gasteiger charge is 2.71. The van der Waals surface area contributed by atoms with E-state index in [0.29, 0.717) is 0 Å². The fraction of sp³-hybridized carbons (Fsp3) is 0.800. The van der Waals surface area contributed by atoms with E-state index in [1.165, 1.54) is 20.8 Å². The third-order valence-electron chi connectivity index (χ3n) is 4.51. The van der Waals surface area contributed by atoms with E-state index in [4.69, 9.17) is 0 Å². The van der Waals surface area contributed by atoms with E-state index in [1.807, 2.05) is 0 Å². The number of hydrogen-bond donors (Lipinski definition) is 1. The van der Waals surface area contributed by atoms with Gasteiger partial charge in [0.25, 0.3) is 11.8 Å². The van der Waals surface area contributed by atoms with Gasteiger partial charge < -0.3 is 5.11 Å². The molecule has 0 aromatic rings. The van der Waals surface area contributed by atoms with E-state index in [0.717, 1.165) is 13.0 Å². The molecule has 0 bridgehead atoms. The van der Waals surface area contributed by atoms with Gasteiger partial charge in [-0.15, -0.1) is 0 Å². The predicted octanol–water partition coefficient (Wildman–Crippen LogP) is 2.00. The Morgan fingerprint density at radius 3 is 1.83 bits per heavy atom. The maximum Gasteiger partial charge on any atom is 0.305 e. The largest absolute Gasteiger partial charge is 0.375 e. The lowest BCUT2D eigenvalue weighted by Gasteiger charge is -2.44. The van der Waals surface area contributed by atoms with Crippen LogP contribution in [0.25, 0.3) is 0 Å². The molecule has 0 saturated carbocycles. The fourth-order valence-electron chi connectivity index (χ4n) is 3.09. The van der Waals surface area contributed by atoms with Crippen molar-refractivity contribution in [2.75, 3.05) is 0 Å². The zero-order chi connectivity index (χ0) is 18.6. The minimum Gasteiger partial charge on any atom is -0.375 e. The van der Waals surface area contributed by atoms with Crippen LogP contribution in [0.5, 0.6) is 0 Å². The number of nitrogens with zero attached hydrogens (tertiary/aromatic N) is 2. The minimum atomic E-state index is -2.47. The number of carbonyl (C=O) groups excluding carboxylic acids is 1. The summed E-state index contributed by atoms with van der Waals surface area (Å²) in [5.74, 6) is -1.16. The van der Waals surface area contributed by atoms with Gasteiger partial charge >= 0.3 is 5.54 Å². The first kappa shape index (κ1) is 19.2. The molecule has 0 saturated heterocycles. The van der Waals surface area contributed by atoms with Crippen LogP contribution in [-0.4, -0.2) is 37.9 Å². The van der Waals surface area contributed by atoms with Gasteiger partial charge in [0.1, 0.15) is 0 Å². The number of ketones is 1. The first-order chi connectivity index (χ1) is 10.0. The van der Waals surface area contributed by atoms with Crippen LogP contribution >= 0.6 is 0 Å². The van der Waals surface area contributed by atoms with Crippen molar-refractivity contribution in [2.24, 2.45) is 10.8 Å². The molecule has 0 amide bonds. The van der Waals surface area contributed by atoms with Gasteiger partial charge in [-0.3, -0.25) is 25.0 Å². The molecule has 8 nitrogen and oxygen atoms in total. The van der Waals surface area contributed by atoms with Crippen molar-refractivity contribution in [3.8, 4) is 0 Å². The summed E-state index contributed by atoms with van der Waals surface area (Å²) in [7, 11) is 0. The van der Waals surface area contributed by atoms with Gasteiger partial charge in [0.05, 0.1) is 0 Å². The Bertz CT molecular complexity index is 594. The molecule has 0 radical (unpaired) electrons. The van der Waals surface area contributed by atoms with Crippen molar-refractivity contribution in [1.29, 1.82) is 0 Å². The molecule has 1 aliphatic rings. The molecule has 130 valence electrons. The second kappa shape index (κ2) is 5.09. The highest BCUT2D eigenvalue weighted by atomic mass is 16.9. The molecule has 0 aromatic heterocycles. The molecule has 0 aliphatic heterocycles. The molecule has 1 N–H and O–H groups in total. The maximum atomic E-state index is 12.8. The Balaban J connectivity index is 3.96. The Morgan fingerprint density at radius 2 is 1.57 bits per heavy atom. The lowest BCUT2D eigenvalue weighted by atomic mass is 9.59. The molecule has 0 spiro atoms. The van der Waals surface area contributed by atoms with E-state index in [1.54, 1.807) is 20.8 Å². The Labute approximate surface area is 134 Å². The summed E-state index contributed by atoms with van der Waals surface area (Å²) in [6.45, 7) is 10.5. The summed E-state index contributed by atoms with van der Waals surface area (Å²) in [5.41, 5.74) is -6.61. The van der Waals surface area contributed by atoms with Crippen LogP contribution < -0.4 is 0 Å². The van der Waals surface area contributed by atoms with E-state index < -0.39 is 43.6 Å². The lowest BCUT2D eigenvalue weighted by Crippen LogP contribution is -2.69. The molecular formula is C15H24N2O6. The molecule has 1 rings (SSSR count). The normalized spacial score (nSPS) is 32.4. The molecule has 3 atom stereocenters. The topological polar surface area (TPSA) is 124 Å². The molecule has 8 heteroatoms. The van der Waals surface area contributed by atoms with E-state index in [9.17, 15) is 30.1 Å². The van der Waals surface area contributed by atoms with Crippen molar-refractivity contribution in [3.05, 3.63) is 31.9 Å². The monoisotopic (exact) mass is 329 g/mol. The van der Waals surface area contributed by atoms with Gasteiger partial charge in [-0.2, -0.15) is 0 Å². The third kappa shape index (κ3) is 2.65. The van der Waals surface area contributed by atoms with Crippen LogP contribution in [0, 0.1) is 31.1 Å². The Morgan fingerprint density at radius 1 is 1.13 bits per heavy atom. The summed E-state index contributed by atoms with van der Waals surface area (Å²) in [4.78, 5) is 34.6. The molecule has 23 heavy (non-hydrogen) atoms. The van der Waals surface area contributed by atoms with E-state index >= 15 is 0 Å². The average Bonchev–Trinajstić information content (AvgIpc) is 2.27. The zero-order valence-corrected chi connectivity index (χ0v) is 14.5. The summed E-state index contributed by atoms with van der Waals surface area (Å²) in [5, 5.41) is 33.9. The van der Waals surface area contributed by atoms with Gasteiger partial charge in [0.15, 0.2) is 5.60 Å². The summed E-state index contributed by atoms with van der Waals surface area (Å²) in [6.07, 6.45) is 1.10. The molecule has 0 heterocycles. The molecular weight excluding hydrogens is 305 g/mol. The van der Waals surface area contributed by atoms with Crippen molar-refractivity contribution >= 4 is 5.78 Å². The third-order valence-corrected chi connectivity index (χ3v) is 4.51. The number of aliphatic hydroxyl groups is 1. The van der Waals surface area contributed by atoms with Gasteiger partial charge in [-0.1, -0.05) is 41.5 Å². The van der Waals surface area contributed by atoms with Gasteiger partial charge in [0, 0.05) is 26.9 Å². The Hall–Kier alpha value is -1.83. The van der Waals surface area contributed by atoms with Crippen LogP contribution in [0.2, 0.25) is 0 Å². The van der Waals surface area contributed by atoms with Gasteiger partial charge in [0.2, 0.25) is 0 Å². The summed E-state index contributed by atoms with van der Waals surface area (Å²) < 4.78 is 0. The maximum absolute atomic E-state index is 12.8.